The number of nitrogens with one attached hydrogen (secondary N) is 2. The van der Waals surface area contributed by atoms with Crippen molar-refractivity contribution in [3.05, 3.63) is 60.2 Å². The Morgan fingerprint density at radius 1 is 0.692 bits per heavy atom. The molecule has 4 rings (SSSR count). The van der Waals surface area contributed by atoms with E-state index in [1.165, 1.54) is 11.0 Å². The van der Waals surface area contributed by atoms with Gasteiger partial charge in [0.15, 0.2) is 0 Å². The van der Waals surface area contributed by atoms with Crippen LogP contribution in [-0.2, 0) is 27.2 Å². The zero-order valence-corrected chi connectivity index (χ0v) is 15.2. The van der Waals surface area contributed by atoms with Gasteiger partial charge in [0.25, 0.3) is 0 Å². The third kappa shape index (κ3) is 3.21. The van der Waals surface area contributed by atoms with E-state index in [1.54, 1.807) is 0 Å². The summed E-state index contributed by atoms with van der Waals surface area (Å²) in [7, 11) is 4.13. The van der Waals surface area contributed by atoms with Crippen molar-refractivity contribution in [2.45, 2.75) is 13.1 Å². The van der Waals surface area contributed by atoms with E-state index < -0.39 is 0 Å². The van der Waals surface area contributed by atoms with Crippen LogP contribution in [0.2, 0.25) is 0 Å². The van der Waals surface area contributed by atoms with Gasteiger partial charge in [-0.1, -0.05) is 24.3 Å². The smallest absolute Gasteiger partial charge is 0.123 e. The topological polar surface area (TPSA) is 59.7 Å². The van der Waals surface area contributed by atoms with Gasteiger partial charge in [0.1, 0.15) is 11.6 Å². The predicted molar refractivity (Wildman–Crippen MR) is 105 cm³/mol. The van der Waals surface area contributed by atoms with Gasteiger partial charge in [0.2, 0.25) is 0 Å². The van der Waals surface area contributed by atoms with Gasteiger partial charge in [0, 0.05) is 27.2 Å². The fourth-order valence-corrected chi connectivity index (χ4v) is 3.28. The van der Waals surface area contributed by atoms with Gasteiger partial charge in [-0.25, -0.2) is 9.97 Å². The van der Waals surface area contributed by atoms with Gasteiger partial charge < -0.3 is 19.8 Å². The Hall–Kier alpha value is -2.70. The number of nitrogens with zero attached hydrogens (tertiary/aromatic N) is 4. The minimum Gasteiger partial charge on any atom is -0.330 e. The summed E-state index contributed by atoms with van der Waals surface area (Å²) in [6.07, 6.45) is 0. The number of rotatable bonds is 7. The Labute approximate surface area is 152 Å². The average molecular weight is 348 g/mol. The lowest BCUT2D eigenvalue weighted by molar-refractivity contribution is 0.578. The molecule has 0 saturated heterocycles. The van der Waals surface area contributed by atoms with E-state index in [-0.39, 0.29) is 0 Å². The summed E-state index contributed by atoms with van der Waals surface area (Å²) in [6.45, 7) is 3.29. The molecular formula is C20H24N6. The van der Waals surface area contributed by atoms with Gasteiger partial charge in [-0.15, -0.1) is 0 Å². The van der Waals surface area contributed by atoms with Crippen LogP contribution in [0.4, 0.5) is 0 Å². The second kappa shape index (κ2) is 7.27. The van der Waals surface area contributed by atoms with Crippen LogP contribution in [0.3, 0.4) is 0 Å². The van der Waals surface area contributed by atoms with Crippen LogP contribution in [0.5, 0.6) is 0 Å². The highest BCUT2D eigenvalue weighted by atomic mass is 15.1. The highest BCUT2D eigenvalue weighted by Crippen LogP contribution is 2.14. The maximum absolute atomic E-state index is 4.68. The molecule has 0 bridgehead atoms. The Kier molecular flexibility index (Phi) is 4.69. The first-order chi connectivity index (χ1) is 12.7. The van der Waals surface area contributed by atoms with Crippen molar-refractivity contribution in [2.24, 2.45) is 14.1 Å². The summed E-state index contributed by atoms with van der Waals surface area (Å²) in [5.41, 5.74) is 4.44. The molecule has 0 unspecified atom stereocenters. The van der Waals surface area contributed by atoms with E-state index in [4.69, 9.17) is 0 Å². The molecule has 0 fully saturated rings. The van der Waals surface area contributed by atoms with E-state index in [9.17, 15) is 0 Å². The Morgan fingerprint density at radius 2 is 1.12 bits per heavy atom. The summed E-state index contributed by atoms with van der Waals surface area (Å²) in [6, 6.07) is 16.5. The number of fused-ring (bicyclic) bond motifs is 2. The van der Waals surface area contributed by atoms with Gasteiger partial charge in [-0.2, -0.15) is 0 Å². The summed E-state index contributed by atoms with van der Waals surface area (Å²) >= 11 is 0. The van der Waals surface area contributed by atoms with Crippen molar-refractivity contribution in [2.75, 3.05) is 13.1 Å². The van der Waals surface area contributed by atoms with Crippen LogP contribution in [-0.4, -0.2) is 32.2 Å². The number of hydrogen-bond acceptors (Lipinski definition) is 4. The standard InChI is InChI=1S/C20H24N6/c1-25-17-9-5-3-7-15(17)23-19(25)13-21-11-12-22-14-20-24-16-8-4-6-10-18(16)26(20)2/h3-10,21-22H,11-14H2,1-2H3. The van der Waals surface area contributed by atoms with Crippen LogP contribution in [0.1, 0.15) is 11.6 Å². The van der Waals surface area contributed by atoms with Crippen LogP contribution in [0.25, 0.3) is 22.1 Å². The highest BCUT2D eigenvalue weighted by molar-refractivity contribution is 5.76. The SMILES string of the molecule is Cn1c(CNCCNCc2nc3ccccc3n2C)nc2ccccc21. The Morgan fingerprint density at radius 3 is 1.54 bits per heavy atom. The number of para-hydroxylation sites is 4. The molecule has 0 aliphatic heterocycles. The Balaban J connectivity index is 1.26. The van der Waals surface area contributed by atoms with E-state index in [2.05, 4.69) is 68.1 Å². The molecule has 2 N–H and O–H groups in total. The number of aryl methyl sites for hydroxylation is 2. The second-order valence-corrected chi connectivity index (χ2v) is 6.51. The van der Waals surface area contributed by atoms with Crippen molar-refractivity contribution in [1.29, 1.82) is 0 Å². The molecule has 6 nitrogen and oxygen atoms in total. The summed E-state index contributed by atoms with van der Waals surface area (Å²) in [4.78, 5) is 9.36. The van der Waals surface area contributed by atoms with Gasteiger partial charge in [-0.3, -0.25) is 0 Å². The molecule has 0 aliphatic rings. The second-order valence-electron chi connectivity index (χ2n) is 6.51. The molecule has 2 heterocycles. The van der Waals surface area contributed by atoms with E-state index in [0.29, 0.717) is 0 Å². The zero-order chi connectivity index (χ0) is 17.9. The molecule has 0 amide bonds. The summed E-state index contributed by atoms with van der Waals surface area (Å²) < 4.78 is 4.30. The van der Waals surface area contributed by atoms with E-state index in [0.717, 1.165) is 48.9 Å². The molecule has 4 aromatic rings. The maximum Gasteiger partial charge on any atom is 0.123 e. The number of imidazole rings is 2. The molecule has 0 saturated carbocycles. The Bertz CT molecular complexity index is 945. The van der Waals surface area contributed by atoms with Crippen molar-refractivity contribution in [1.82, 2.24) is 29.7 Å². The lowest BCUT2D eigenvalue weighted by Gasteiger charge is -2.07. The lowest BCUT2D eigenvalue weighted by atomic mass is 10.3. The minimum absolute atomic E-state index is 0.763. The number of benzene rings is 2. The molecule has 6 heteroatoms. The average Bonchev–Trinajstić information content (AvgIpc) is 3.16. The first-order valence-corrected chi connectivity index (χ1v) is 8.96. The largest absolute Gasteiger partial charge is 0.330 e. The third-order valence-electron chi connectivity index (χ3n) is 4.80. The molecule has 134 valence electrons. The number of hydrogen-bond donors (Lipinski definition) is 2. The quantitative estimate of drug-likeness (QED) is 0.503. The van der Waals surface area contributed by atoms with E-state index in [1.807, 2.05) is 24.3 Å². The monoisotopic (exact) mass is 348 g/mol. The van der Waals surface area contributed by atoms with Gasteiger partial charge in [-0.05, 0) is 24.3 Å². The molecule has 0 radical (unpaired) electrons. The third-order valence-corrected chi connectivity index (χ3v) is 4.80. The summed E-state index contributed by atoms with van der Waals surface area (Å²) in [5.74, 6) is 2.11. The summed E-state index contributed by atoms with van der Waals surface area (Å²) in [5, 5.41) is 6.92. The van der Waals surface area contributed by atoms with Gasteiger partial charge in [0.05, 0.1) is 35.2 Å². The zero-order valence-electron chi connectivity index (χ0n) is 15.2. The molecule has 26 heavy (non-hydrogen) atoms. The highest BCUT2D eigenvalue weighted by Gasteiger charge is 2.07. The van der Waals surface area contributed by atoms with Crippen molar-refractivity contribution >= 4 is 22.1 Å². The van der Waals surface area contributed by atoms with Crippen LogP contribution in [0.15, 0.2) is 48.5 Å². The molecular weight excluding hydrogens is 324 g/mol. The van der Waals surface area contributed by atoms with Gasteiger partial charge >= 0.3 is 0 Å². The lowest BCUT2D eigenvalue weighted by Crippen LogP contribution is -2.28. The van der Waals surface area contributed by atoms with Crippen molar-refractivity contribution < 1.29 is 0 Å². The molecule has 2 aromatic carbocycles. The van der Waals surface area contributed by atoms with Crippen LogP contribution < -0.4 is 10.6 Å². The first kappa shape index (κ1) is 16.8. The molecule has 0 atom stereocenters. The number of aromatic nitrogens is 4. The molecule has 2 aromatic heterocycles. The molecule has 0 spiro atoms. The maximum atomic E-state index is 4.68. The predicted octanol–water partition coefficient (Wildman–Crippen LogP) is 2.34. The minimum atomic E-state index is 0.763. The first-order valence-electron chi connectivity index (χ1n) is 8.96. The van der Waals surface area contributed by atoms with Crippen LogP contribution in [0, 0.1) is 0 Å². The van der Waals surface area contributed by atoms with E-state index >= 15 is 0 Å². The molecule has 0 aliphatic carbocycles. The normalized spacial score (nSPS) is 11.6. The van der Waals surface area contributed by atoms with Crippen molar-refractivity contribution in [3.63, 3.8) is 0 Å². The van der Waals surface area contributed by atoms with Crippen molar-refractivity contribution in [3.8, 4) is 0 Å². The fourth-order valence-electron chi connectivity index (χ4n) is 3.28. The fraction of sp³-hybridized carbons (Fsp3) is 0.300. The van der Waals surface area contributed by atoms with Crippen LogP contribution >= 0.6 is 0 Å².